The summed E-state index contributed by atoms with van der Waals surface area (Å²) in [4.78, 5) is 28.0. The predicted molar refractivity (Wildman–Crippen MR) is 90.3 cm³/mol. The first-order chi connectivity index (χ1) is 10.8. The van der Waals surface area contributed by atoms with Crippen molar-refractivity contribution in [3.05, 3.63) is 41.4 Å². The van der Waals surface area contributed by atoms with Gasteiger partial charge in [-0.3, -0.25) is 4.79 Å². The topological polar surface area (TPSA) is 79.3 Å². The zero-order chi connectivity index (χ0) is 17.0. The van der Waals surface area contributed by atoms with Gasteiger partial charge in [0.2, 0.25) is 5.91 Å². The maximum Gasteiger partial charge on any atom is 0.329 e. The Morgan fingerprint density at radius 2 is 1.96 bits per heavy atom. The van der Waals surface area contributed by atoms with Crippen LogP contribution in [0.2, 0.25) is 0 Å². The van der Waals surface area contributed by atoms with Crippen LogP contribution in [0.25, 0.3) is 10.6 Å². The van der Waals surface area contributed by atoms with Crippen molar-refractivity contribution in [2.24, 2.45) is 5.92 Å². The van der Waals surface area contributed by atoms with Gasteiger partial charge in [-0.1, -0.05) is 44.2 Å². The largest absolute Gasteiger partial charge is 0.480 e. The number of carbonyl (C=O) groups excluding carboxylic acids is 1. The molecule has 2 aromatic rings. The summed E-state index contributed by atoms with van der Waals surface area (Å²) in [7, 11) is 0. The predicted octanol–water partition coefficient (Wildman–Crippen LogP) is 2.97. The van der Waals surface area contributed by atoms with Gasteiger partial charge in [0, 0.05) is 10.9 Å². The highest BCUT2D eigenvalue weighted by Gasteiger charge is 2.38. The molecule has 0 aliphatic rings. The van der Waals surface area contributed by atoms with Crippen LogP contribution in [0.5, 0.6) is 0 Å². The number of amides is 1. The fourth-order valence-electron chi connectivity index (χ4n) is 2.04. The fourth-order valence-corrected chi connectivity index (χ4v) is 2.87. The highest BCUT2D eigenvalue weighted by atomic mass is 32.1. The van der Waals surface area contributed by atoms with Crippen LogP contribution >= 0.6 is 11.3 Å². The Labute approximate surface area is 139 Å². The van der Waals surface area contributed by atoms with Crippen LogP contribution < -0.4 is 5.32 Å². The Balaban J connectivity index is 2.07. The van der Waals surface area contributed by atoms with Crippen molar-refractivity contribution in [2.45, 2.75) is 32.7 Å². The molecule has 1 amide bonds. The maximum atomic E-state index is 12.2. The number of benzene rings is 1. The van der Waals surface area contributed by atoms with E-state index in [4.69, 9.17) is 0 Å². The minimum Gasteiger partial charge on any atom is -0.480 e. The lowest BCUT2D eigenvalue weighted by Crippen LogP contribution is -2.56. The highest BCUT2D eigenvalue weighted by molar-refractivity contribution is 7.13. The van der Waals surface area contributed by atoms with E-state index in [0.29, 0.717) is 5.69 Å². The number of rotatable bonds is 6. The molecule has 1 unspecified atom stereocenters. The van der Waals surface area contributed by atoms with Crippen LogP contribution in [-0.4, -0.2) is 27.5 Å². The third-order valence-corrected chi connectivity index (χ3v) is 4.85. The second kappa shape index (κ2) is 6.91. The van der Waals surface area contributed by atoms with Gasteiger partial charge < -0.3 is 10.4 Å². The van der Waals surface area contributed by atoms with Gasteiger partial charge in [-0.25, -0.2) is 9.78 Å². The number of thiazole rings is 1. The Hall–Kier alpha value is -2.21. The first kappa shape index (κ1) is 17.1. The van der Waals surface area contributed by atoms with Crippen molar-refractivity contribution >= 4 is 23.2 Å². The molecule has 23 heavy (non-hydrogen) atoms. The SMILES string of the molecule is CC(C)C(C)(NC(=O)Cc1csc(-c2ccccc2)n1)C(=O)O. The van der Waals surface area contributed by atoms with Crippen LogP contribution in [0.4, 0.5) is 0 Å². The molecular formula is C17H20N2O3S. The molecule has 1 aromatic heterocycles. The Kier molecular flexibility index (Phi) is 5.15. The first-order valence-corrected chi connectivity index (χ1v) is 8.25. The number of carboxylic acid groups (broad SMARTS) is 1. The molecule has 1 aromatic carbocycles. The van der Waals surface area contributed by atoms with Gasteiger partial charge >= 0.3 is 5.97 Å². The second-order valence-electron chi connectivity index (χ2n) is 5.90. The molecule has 5 nitrogen and oxygen atoms in total. The summed E-state index contributed by atoms with van der Waals surface area (Å²) in [5, 5.41) is 14.6. The van der Waals surface area contributed by atoms with Crippen molar-refractivity contribution < 1.29 is 14.7 Å². The highest BCUT2D eigenvalue weighted by Crippen LogP contribution is 2.24. The fraction of sp³-hybridized carbons (Fsp3) is 0.353. The summed E-state index contributed by atoms with van der Waals surface area (Å²) in [5.41, 5.74) is 0.361. The number of nitrogens with zero attached hydrogens (tertiary/aromatic N) is 1. The number of nitrogens with one attached hydrogen (secondary N) is 1. The molecule has 0 spiro atoms. The maximum absolute atomic E-state index is 12.2. The Bertz CT molecular complexity index is 697. The van der Waals surface area contributed by atoms with E-state index in [1.54, 1.807) is 13.8 Å². The minimum absolute atomic E-state index is 0.0684. The molecule has 1 heterocycles. The molecule has 0 saturated carbocycles. The third-order valence-electron chi connectivity index (χ3n) is 3.91. The lowest BCUT2D eigenvalue weighted by atomic mass is 9.88. The summed E-state index contributed by atoms with van der Waals surface area (Å²) in [5.74, 6) is -1.60. The van der Waals surface area contributed by atoms with Crippen molar-refractivity contribution in [2.75, 3.05) is 0 Å². The van der Waals surface area contributed by atoms with Crippen molar-refractivity contribution in [1.29, 1.82) is 0 Å². The molecule has 0 saturated heterocycles. The van der Waals surface area contributed by atoms with E-state index < -0.39 is 11.5 Å². The van der Waals surface area contributed by atoms with Crippen LogP contribution in [0.15, 0.2) is 35.7 Å². The molecule has 0 radical (unpaired) electrons. The molecule has 122 valence electrons. The lowest BCUT2D eigenvalue weighted by Gasteiger charge is -2.30. The van der Waals surface area contributed by atoms with Crippen LogP contribution in [-0.2, 0) is 16.0 Å². The van der Waals surface area contributed by atoms with Gasteiger partial charge in [-0.05, 0) is 12.8 Å². The van der Waals surface area contributed by atoms with Crippen LogP contribution in [0.1, 0.15) is 26.5 Å². The number of aliphatic carboxylic acids is 1. The van der Waals surface area contributed by atoms with Crippen molar-refractivity contribution in [1.82, 2.24) is 10.3 Å². The van der Waals surface area contributed by atoms with E-state index in [9.17, 15) is 14.7 Å². The van der Waals surface area contributed by atoms with E-state index in [1.165, 1.54) is 18.3 Å². The smallest absolute Gasteiger partial charge is 0.329 e. The van der Waals surface area contributed by atoms with Gasteiger partial charge in [0.25, 0.3) is 0 Å². The molecule has 0 aliphatic heterocycles. The minimum atomic E-state index is -1.28. The van der Waals surface area contributed by atoms with Crippen LogP contribution in [0.3, 0.4) is 0 Å². The van der Waals surface area contributed by atoms with Gasteiger partial charge in [-0.2, -0.15) is 0 Å². The number of carboxylic acids is 1. The molecule has 6 heteroatoms. The van der Waals surface area contributed by atoms with Gasteiger partial charge in [-0.15, -0.1) is 11.3 Å². The molecule has 0 bridgehead atoms. The van der Waals surface area contributed by atoms with E-state index in [-0.39, 0.29) is 18.2 Å². The second-order valence-corrected chi connectivity index (χ2v) is 6.76. The van der Waals surface area contributed by atoms with E-state index >= 15 is 0 Å². The average Bonchev–Trinajstić information content (AvgIpc) is 2.95. The number of carbonyl (C=O) groups is 2. The van der Waals surface area contributed by atoms with Gasteiger partial charge in [0.1, 0.15) is 10.5 Å². The summed E-state index contributed by atoms with van der Waals surface area (Å²) in [6, 6.07) is 9.73. The molecule has 0 aliphatic carbocycles. The van der Waals surface area contributed by atoms with E-state index in [0.717, 1.165) is 10.6 Å². The molecule has 2 N–H and O–H groups in total. The third kappa shape index (κ3) is 3.96. The number of hydrogen-bond acceptors (Lipinski definition) is 4. The first-order valence-electron chi connectivity index (χ1n) is 7.37. The molecule has 0 fully saturated rings. The number of aromatic nitrogens is 1. The normalized spacial score (nSPS) is 13.6. The standard InChI is InChI=1S/C17H20N2O3S/c1-11(2)17(3,16(21)22)19-14(20)9-13-10-23-15(18-13)12-7-5-4-6-8-12/h4-8,10-11H,9H2,1-3H3,(H,19,20)(H,21,22). The molecular weight excluding hydrogens is 312 g/mol. The van der Waals surface area contributed by atoms with Crippen LogP contribution in [0, 0.1) is 5.92 Å². The van der Waals surface area contributed by atoms with E-state index in [2.05, 4.69) is 10.3 Å². The average molecular weight is 332 g/mol. The summed E-state index contributed by atoms with van der Waals surface area (Å²) >= 11 is 1.47. The zero-order valence-corrected chi connectivity index (χ0v) is 14.2. The Morgan fingerprint density at radius 3 is 2.52 bits per heavy atom. The molecule has 2 rings (SSSR count). The summed E-state index contributed by atoms with van der Waals surface area (Å²) < 4.78 is 0. The zero-order valence-electron chi connectivity index (χ0n) is 13.4. The van der Waals surface area contributed by atoms with Gasteiger partial charge in [0.05, 0.1) is 12.1 Å². The van der Waals surface area contributed by atoms with Crippen molar-refractivity contribution in [3.63, 3.8) is 0 Å². The monoisotopic (exact) mass is 332 g/mol. The molecule has 1 atom stereocenters. The Morgan fingerprint density at radius 1 is 1.30 bits per heavy atom. The number of hydrogen-bond donors (Lipinski definition) is 2. The van der Waals surface area contributed by atoms with E-state index in [1.807, 2.05) is 35.7 Å². The lowest BCUT2D eigenvalue weighted by molar-refractivity contribution is -0.148. The summed E-state index contributed by atoms with van der Waals surface area (Å²) in [6.45, 7) is 5.06. The summed E-state index contributed by atoms with van der Waals surface area (Å²) in [6.07, 6.45) is 0.0684. The van der Waals surface area contributed by atoms with Crippen molar-refractivity contribution in [3.8, 4) is 10.6 Å². The van der Waals surface area contributed by atoms with Gasteiger partial charge in [0.15, 0.2) is 0 Å². The quantitative estimate of drug-likeness (QED) is 0.852.